The molecule has 1 amide bonds. The lowest BCUT2D eigenvalue weighted by atomic mass is 10.2. The van der Waals surface area contributed by atoms with Gasteiger partial charge in [0.15, 0.2) is 11.6 Å². The van der Waals surface area contributed by atoms with Crippen LogP contribution in [0.3, 0.4) is 0 Å². The number of aromatic nitrogens is 4. The van der Waals surface area contributed by atoms with Crippen LogP contribution < -0.4 is 5.32 Å². The van der Waals surface area contributed by atoms with Gasteiger partial charge in [0.2, 0.25) is 5.82 Å². The number of fused-ring (bicyclic) bond motifs is 1. The molecule has 0 aliphatic heterocycles. The Kier molecular flexibility index (Phi) is 4.88. The first kappa shape index (κ1) is 20.4. The average molecular weight is 433 g/mol. The van der Waals surface area contributed by atoms with E-state index in [-0.39, 0.29) is 22.7 Å². The molecule has 4 rings (SSSR count). The summed E-state index contributed by atoms with van der Waals surface area (Å²) in [6.45, 7) is 1.63. The van der Waals surface area contributed by atoms with E-state index in [1.807, 2.05) is 0 Å². The SMILES string of the molecule is Cc1cccc2c1nc(C(F)(F)F)n2-c1cnc(NC(=O)c2c(F)cccc2F)cn1. The van der Waals surface area contributed by atoms with Crippen molar-refractivity contribution in [1.29, 1.82) is 0 Å². The molecule has 0 unspecified atom stereocenters. The zero-order chi connectivity index (χ0) is 22.3. The minimum Gasteiger partial charge on any atom is -0.305 e. The van der Waals surface area contributed by atoms with E-state index in [9.17, 15) is 26.7 Å². The highest BCUT2D eigenvalue weighted by Gasteiger charge is 2.38. The van der Waals surface area contributed by atoms with E-state index in [0.717, 1.165) is 35.2 Å². The number of hydrogen-bond donors (Lipinski definition) is 1. The summed E-state index contributed by atoms with van der Waals surface area (Å²) < 4.78 is 69.0. The van der Waals surface area contributed by atoms with Crippen LogP contribution in [0.15, 0.2) is 48.8 Å². The summed E-state index contributed by atoms with van der Waals surface area (Å²) in [6, 6.07) is 7.61. The van der Waals surface area contributed by atoms with Crippen LogP contribution in [0.4, 0.5) is 27.8 Å². The maximum absolute atomic E-state index is 13.7. The van der Waals surface area contributed by atoms with Crippen molar-refractivity contribution < 1.29 is 26.7 Å². The number of aryl methyl sites for hydroxylation is 1. The number of rotatable bonds is 3. The average Bonchev–Trinajstić information content (AvgIpc) is 3.10. The van der Waals surface area contributed by atoms with Gasteiger partial charge in [-0.1, -0.05) is 18.2 Å². The summed E-state index contributed by atoms with van der Waals surface area (Å²) in [5.41, 5.74) is 0.0604. The number of benzene rings is 2. The molecule has 0 aliphatic rings. The van der Waals surface area contributed by atoms with E-state index in [4.69, 9.17) is 0 Å². The summed E-state index contributed by atoms with van der Waals surface area (Å²) in [4.78, 5) is 23.6. The van der Waals surface area contributed by atoms with Crippen LogP contribution >= 0.6 is 0 Å². The topological polar surface area (TPSA) is 72.7 Å². The Labute approximate surface area is 171 Å². The van der Waals surface area contributed by atoms with Crippen molar-refractivity contribution in [2.24, 2.45) is 0 Å². The number of para-hydroxylation sites is 1. The second-order valence-corrected chi connectivity index (χ2v) is 6.52. The summed E-state index contributed by atoms with van der Waals surface area (Å²) >= 11 is 0. The maximum Gasteiger partial charge on any atom is 0.450 e. The number of amides is 1. The number of alkyl halides is 3. The van der Waals surface area contributed by atoms with Gasteiger partial charge in [-0.15, -0.1) is 0 Å². The van der Waals surface area contributed by atoms with Gasteiger partial charge in [0.25, 0.3) is 5.91 Å². The zero-order valence-electron chi connectivity index (χ0n) is 15.7. The minimum absolute atomic E-state index is 0.157. The number of carbonyl (C=O) groups excluding carboxylic acids is 1. The van der Waals surface area contributed by atoms with Gasteiger partial charge in [-0.2, -0.15) is 13.2 Å². The third-order valence-corrected chi connectivity index (χ3v) is 4.44. The third-order valence-electron chi connectivity index (χ3n) is 4.44. The Morgan fingerprint density at radius 1 is 1.00 bits per heavy atom. The molecule has 0 saturated carbocycles. The highest BCUT2D eigenvalue weighted by Crippen LogP contribution is 2.34. The fourth-order valence-electron chi connectivity index (χ4n) is 3.06. The second kappa shape index (κ2) is 7.42. The lowest BCUT2D eigenvalue weighted by Gasteiger charge is -2.11. The zero-order valence-corrected chi connectivity index (χ0v) is 15.7. The molecule has 4 aromatic rings. The lowest BCUT2D eigenvalue weighted by Crippen LogP contribution is -2.18. The van der Waals surface area contributed by atoms with Crippen LogP contribution in [0.1, 0.15) is 21.7 Å². The van der Waals surface area contributed by atoms with Gasteiger partial charge in [0.1, 0.15) is 17.2 Å². The van der Waals surface area contributed by atoms with Crippen LogP contribution in [0.25, 0.3) is 16.9 Å². The van der Waals surface area contributed by atoms with Crippen LogP contribution in [0.5, 0.6) is 0 Å². The first-order valence-corrected chi connectivity index (χ1v) is 8.80. The standard InChI is InChI=1S/C20H12F5N5O/c1-10-4-2-7-13-17(10)29-19(20(23,24)25)30(13)15-9-26-14(8-27-15)28-18(31)16-11(21)5-3-6-12(16)22/h2-9H,1H3,(H,26,28,31). The van der Waals surface area contributed by atoms with Gasteiger partial charge < -0.3 is 5.32 Å². The number of anilines is 1. The van der Waals surface area contributed by atoms with Gasteiger partial charge in [-0.25, -0.2) is 23.7 Å². The Morgan fingerprint density at radius 2 is 1.68 bits per heavy atom. The first-order valence-electron chi connectivity index (χ1n) is 8.80. The molecule has 2 aromatic heterocycles. The molecular weight excluding hydrogens is 421 g/mol. The molecule has 158 valence electrons. The highest BCUT2D eigenvalue weighted by atomic mass is 19.4. The number of carbonyl (C=O) groups is 1. The lowest BCUT2D eigenvalue weighted by molar-refractivity contribution is -0.145. The molecule has 0 atom stereocenters. The summed E-state index contributed by atoms with van der Waals surface area (Å²) in [5, 5.41) is 2.16. The van der Waals surface area contributed by atoms with Crippen molar-refractivity contribution in [2.45, 2.75) is 13.1 Å². The number of hydrogen-bond acceptors (Lipinski definition) is 4. The predicted molar refractivity (Wildman–Crippen MR) is 101 cm³/mol. The molecule has 31 heavy (non-hydrogen) atoms. The normalized spacial score (nSPS) is 11.7. The fourth-order valence-corrected chi connectivity index (χ4v) is 3.06. The quantitative estimate of drug-likeness (QED) is 0.477. The number of imidazole rings is 1. The van der Waals surface area contributed by atoms with Crippen molar-refractivity contribution >= 4 is 22.8 Å². The monoisotopic (exact) mass is 433 g/mol. The molecular formula is C20H12F5N5O. The van der Waals surface area contributed by atoms with Crippen molar-refractivity contribution in [1.82, 2.24) is 19.5 Å². The van der Waals surface area contributed by atoms with Crippen LogP contribution in [0, 0.1) is 18.6 Å². The number of nitrogens with zero attached hydrogens (tertiary/aromatic N) is 4. The van der Waals surface area contributed by atoms with Gasteiger partial charge >= 0.3 is 6.18 Å². The maximum atomic E-state index is 13.7. The summed E-state index contributed by atoms with van der Waals surface area (Å²) in [5.74, 6) is -4.84. The molecule has 0 fully saturated rings. The molecule has 2 aromatic carbocycles. The molecule has 0 saturated heterocycles. The van der Waals surface area contributed by atoms with Crippen molar-refractivity contribution in [3.05, 3.63) is 77.4 Å². The number of nitrogens with one attached hydrogen (secondary N) is 1. The molecule has 0 aliphatic carbocycles. The van der Waals surface area contributed by atoms with E-state index in [1.54, 1.807) is 19.1 Å². The van der Waals surface area contributed by atoms with E-state index >= 15 is 0 Å². The van der Waals surface area contributed by atoms with Crippen molar-refractivity contribution in [3.63, 3.8) is 0 Å². The van der Waals surface area contributed by atoms with Crippen molar-refractivity contribution in [2.75, 3.05) is 5.32 Å². The Balaban J connectivity index is 1.72. The Hall–Kier alpha value is -3.89. The molecule has 0 bridgehead atoms. The second-order valence-electron chi connectivity index (χ2n) is 6.52. The van der Waals surface area contributed by atoms with Crippen molar-refractivity contribution in [3.8, 4) is 5.82 Å². The first-order chi connectivity index (χ1) is 14.7. The van der Waals surface area contributed by atoms with Crippen LogP contribution in [0.2, 0.25) is 0 Å². The fraction of sp³-hybridized carbons (Fsp3) is 0.100. The molecule has 2 heterocycles. The van der Waals surface area contributed by atoms with Gasteiger partial charge in [-0.05, 0) is 30.7 Å². The molecule has 6 nitrogen and oxygen atoms in total. The highest BCUT2D eigenvalue weighted by molar-refractivity contribution is 6.04. The van der Waals surface area contributed by atoms with E-state index in [1.165, 1.54) is 6.07 Å². The Morgan fingerprint density at radius 3 is 2.29 bits per heavy atom. The molecule has 0 spiro atoms. The smallest absolute Gasteiger partial charge is 0.305 e. The third kappa shape index (κ3) is 3.69. The summed E-state index contributed by atoms with van der Waals surface area (Å²) in [7, 11) is 0. The molecule has 0 radical (unpaired) electrons. The number of halogens is 5. The van der Waals surface area contributed by atoms with Crippen LogP contribution in [-0.4, -0.2) is 25.4 Å². The minimum atomic E-state index is -4.76. The summed E-state index contributed by atoms with van der Waals surface area (Å²) in [6.07, 6.45) is -2.79. The molecule has 1 N–H and O–H groups in total. The van der Waals surface area contributed by atoms with E-state index in [0.29, 0.717) is 5.56 Å². The predicted octanol–water partition coefficient (Wildman–Crippen LogP) is 4.67. The largest absolute Gasteiger partial charge is 0.450 e. The van der Waals surface area contributed by atoms with E-state index < -0.39 is 35.1 Å². The van der Waals surface area contributed by atoms with Gasteiger partial charge in [0.05, 0.1) is 23.4 Å². The van der Waals surface area contributed by atoms with Crippen LogP contribution in [-0.2, 0) is 6.18 Å². The van der Waals surface area contributed by atoms with Gasteiger partial charge in [-0.3, -0.25) is 9.36 Å². The van der Waals surface area contributed by atoms with Gasteiger partial charge in [0, 0.05) is 0 Å². The van der Waals surface area contributed by atoms with E-state index in [2.05, 4.69) is 20.3 Å². The molecule has 11 heteroatoms. The Bertz CT molecular complexity index is 1280.